The van der Waals surface area contributed by atoms with Crippen LogP contribution in [0.25, 0.3) is 10.9 Å². The zero-order valence-electron chi connectivity index (χ0n) is 14.2. The molecule has 3 aromatic rings. The van der Waals surface area contributed by atoms with Crippen molar-refractivity contribution in [3.05, 3.63) is 81.1 Å². The first-order chi connectivity index (χ1) is 11.8. The molecule has 1 heterocycles. The molecule has 0 saturated heterocycles. The third-order valence-electron chi connectivity index (χ3n) is 4.17. The largest absolute Gasteiger partial charge is 0.322 e. The molecule has 2 N–H and O–H groups in total. The predicted octanol–water partition coefficient (Wildman–Crippen LogP) is 2.76. The van der Waals surface area contributed by atoms with Crippen LogP contribution >= 0.6 is 0 Å². The second-order valence-corrected chi connectivity index (χ2v) is 8.03. The highest BCUT2D eigenvalue weighted by molar-refractivity contribution is 7.88. The maximum atomic E-state index is 12.3. The van der Waals surface area contributed by atoms with Gasteiger partial charge in [-0.25, -0.2) is 13.1 Å². The summed E-state index contributed by atoms with van der Waals surface area (Å²) in [6.07, 6.45) is 0. The Labute approximate surface area is 146 Å². The summed E-state index contributed by atoms with van der Waals surface area (Å²) < 4.78 is 27.2. The number of nitrogens with one attached hydrogen (secondary N) is 2. The Morgan fingerprint density at radius 1 is 1.00 bits per heavy atom. The van der Waals surface area contributed by atoms with Crippen LogP contribution in [0.4, 0.5) is 0 Å². The van der Waals surface area contributed by atoms with Crippen LogP contribution in [0.2, 0.25) is 0 Å². The number of hydrogen-bond acceptors (Lipinski definition) is 3. The van der Waals surface area contributed by atoms with Crippen LogP contribution in [0, 0.1) is 13.8 Å². The normalized spacial score (nSPS) is 11.8. The quantitative estimate of drug-likeness (QED) is 0.738. The van der Waals surface area contributed by atoms with Gasteiger partial charge < -0.3 is 4.98 Å². The Bertz CT molecular complexity index is 1090. The lowest BCUT2D eigenvalue weighted by Crippen LogP contribution is -2.28. The minimum absolute atomic E-state index is 0.0344. The van der Waals surface area contributed by atoms with Crippen molar-refractivity contribution in [3.63, 3.8) is 0 Å². The first-order valence-electron chi connectivity index (χ1n) is 7.98. The summed E-state index contributed by atoms with van der Waals surface area (Å²) in [5, 5.41) is 0.873. The van der Waals surface area contributed by atoms with E-state index in [2.05, 4.69) is 9.71 Å². The van der Waals surface area contributed by atoms with E-state index in [9.17, 15) is 13.2 Å². The fraction of sp³-hybridized carbons (Fsp3) is 0.211. The van der Waals surface area contributed by atoms with Crippen molar-refractivity contribution >= 4 is 20.9 Å². The lowest BCUT2D eigenvalue weighted by molar-refractivity contribution is 0.580. The number of H-pyrrole nitrogens is 1. The summed E-state index contributed by atoms with van der Waals surface area (Å²) in [7, 11) is -3.53. The van der Waals surface area contributed by atoms with E-state index in [1.165, 1.54) is 0 Å². The van der Waals surface area contributed by atoms with E-state index in [-0.39, 0.29) is 17.9 Å². The highest BCUT2D eigenvalue weighted by atomic mass is 32.2. The van der Waals surface area contributed by atoms with Crippen LogP contribution in [0.15, 0.2) is 53.3 Å². The summed E-state index contributed by atoms with van der Waals surface area (Å²) >= 11 is 0. The number of aromatic amines is 1. The van der Waals surface area contributed by atoms with Gasteiger partial charge in [-0.1, -0.05) is 36.4 Å². The summed E-state index contributed by atoms with van der Waals surface area (Å²) in [4.78, 5) is 15.0. The highest BCUT2D eigenvalue weighted by Gasteiger charge is 2.14. The third kappa shape index (κ3) is 4.15. The molecule has 130 valence electrons. The molecule has 0 aliphatic carbocycles. The molecule has 0 bridgehead atoms. The fourth-order valence-electron chi connectivity index (χ4n) is 2.71. The molecule has 0 spiro atoms. The molecule has 2 aromatic carbocycles. The van der Waals surface area contributed by atoms with Crippen molar-refractivity contribution in [1.29, 1.82) is 0 Å². The summed E-state index contributed by atoms with van der Waals surface area (Å²) in [6, 6.07) is 14.8. The minimum Gasteiger partial charge on any atom is -0.322 e. The number of sulfonamides is 1. The molecule has 5 nitrogen and oxygen atoms in total. The van der Waals surface area contributed by atoms with Gasteiger partial charge in [0.2, 0.25) is 10.0 Å². The van der Waals surface area contributed by atoms with Crippen molar-refractivity contribution < 1.29 is 8.42 Å². The Morgan fingerprint density at radius 2 is 1.76 bits per heavy atom. The maximum Gasteiger partial charge on any atom is 0.252 e. The number of benzene rings is 2. The standard InChI is InChI=1S/C19H20N2O3S/c1-13-7-8-15-10-17(19(22)21-18(15)9-13)11-20-25(23,24)12-16-6-4-3-5-14(16)2/h3-10,20H,11-12H2,1-2H3,(H,21,22). The van der Waals surface area contributed by atoms with E-state index in [1.54, 1.807) is 12.1 Å². The molecular formula is C19H20N2O3S. The molecule has 6 heteroatoms. The monoisotopic (exact) mass is 356 g/mol. The van der Waals surface area contributed by atoms with Gasteiger partial charge in [-0.2, -0.15) is 0 Å². The maximum absolute atomic E-state index is 12.3. The van der Waals surface area contributed by atoms with Gasteiger partial charge in [0.05, 0.1) is 5.75 Å². The number of pyridine rings is 1. The summed E-state index contributed by atoms with van der Waals surface area (Å²) in [5.41, 5.74) is 3.58. The van der Waals surface area contributed by atoms with E-state index in [0.29, 0.717) is 5.56 Å². The fourth-order valence-corrected chi connectivity index (χ4v) is 3.92. The third-order valence-corrected chi connectivity index (χ3v) is 5.44. The number of hydrogen-bond donors (Lipinski definition) is 2. The first kappa shape index (κ1) is 17.4. The van der Waals surface area contributed by atoms with Gasteiger partial charge in [-0.3, -0.25) is 4.79 Å². The Balaban J connectivity index is 1.80. The molecule has 0 fully saturated rings. The van der Waals surface area contributed by atoms with Crippen LogP contribution in [-0.2, 0) is 22.3 Å². The number of aryl methyl sites for hydroxylation is 2. The minimum atomic E-state index is -3.53. The van der Waals surface area contributed by atoms with Crippen molar-refractivity contribution in [2.45, 2.75) is 26.1 Å². The summed E-state index contributed by atoms with van der Waals surface area (Å²) in [5.74, 6) is -0.107. The van der Waals surface area contributed by atoms with E-state index < -0.39 is 10.0 Å². The van der Waals surface area contributed by atoms with Gasteiger partial charge in [0.15, 0.2) is 0 Å². The molecule has 1 aromatic heterocycles. The van der Waals surface area contributed by atoms with Crippen LogP contribution < -0.4 is 10.3 Å². The topological polar surface area (TPSA) is 79.0 Å². The van der Waals surface area contributed by atoms with E-state index >= 15 is 0 Å². The van der Waals surface area contributed by atoms with E-state index in [0.717, 1.165) is 27.6 Å². The average Bonchev–Trinajstić information content (AvgIpc) is 2.55. The molecule has 0 unspecified atom stereocenters. The first-order valence-corrected chi connectivity index (χ1v) is 9.64. The lowest BCUT2D eigenvalue weighted by Gasteiger charge is -2.09. The average molecular weight is 356 g/mol. The predicted molar refractivity (Wildman–Crippen MR) is 99.9 cm³/mol. The van der Waals surface area contributed by atoms with Gasteiger partial charge in [0.1, 0.15) is 0 Å². The molecule has 0 atom stereocenters. The van der Waals surface area contributed by atoms with Crippen molar-refractivity contribution in [2.24, 2.45) is 0 Å². The Morgan fingerprint density at radius 3 is 2.52 bits per heavy atom. The zero-order chi connectivity index (χ0) is 18.0. The van der Waals surface area contributed by atoms with Gasteiger partial charge in [0.25, 0.3) is 5.56 Å². The van der Waals surface area contributed by atoms with Gasteiger partial charge in [-0.05, 0) is 48.1 Å². The smallest absolute Gasteiger partial charge is 0.252 e. The van der Waals surface area contributed by atoms with Crippen molar-refractivity contribution in [3.8, 4) is 0 Å². The van der Waals surface area contributed by atoms with Crippen LogP contribution in [-0.4, -0.2) is 13.4 Å². The molecular weight excluding hydrogens is 336 g/mol. The van der Waals surface area contributed by atoms with Crippen molar-refractivity contribution in [1.82, 2.24) is 9.71 Å². The molecule has 0 radical (unpaired) electrons. The number of aromatic nitrogens is 1. The Kier molecular flexibility index (Phi) is 4.74. The van der Waals surface area contributed by atoms with Gasteiger partial charge in [-0.15, -0.1) is 0 Å². The number of rotatable bonds is 5. The van der Waals surface area contributed by atoms with E-state index in [1.807, 2.05) is 50.2 Å². The summed E-state index contributed by atoms with van der Waals surface area (Å²) in [6.45, 7) is 3.79. The van der Waals surface area contributed by atoms with Crippen molar-refractivity contribution in [2.75, 3.05) is 0 Å². The number of fused-ring (bicyclic) bond motifs is 1. The second-order valence-electron chi connectivity index (χ2n) is 6.22. The second kappa shape index (κ2) is 6.82. The van der Waals surface area contributed by atoms with Gasteiger partial charge >= 0.3 is 0 Å². The SMILES string of the molecule is Cc1ccc2cc(CNS(=O)(=O)Cc3ccccc3C)c(=O)[nH]c2c1. The lowest BCUT2D eigenvalue weighted by atomic mass is 10.1. The molecule has 0 aliphatic rings. The van der Waals surface area contributed by atoms with Gasteiger partial charge in [0, 0.05) is 17.6 Å². The molecule has 3 rings (SSSR count). The van der Waals surface area contributed by atoms with Crippen LogP contribution in [0.5, 0.6) is 0 Å². The molecule has 0 saturated carbocycles. The molecule has 0 aliphatic heterocycles. The molecule has 25 heavy (non-hydrogen) atoms. The highest BCUT2D eigenvalue weighted by Crippen LogP contribution is 2.14. The Hall–Kier alpha value is -2.44. The molecule has 0 amide bonds. The van der Waals surface area contributed by atoms with Crippen LogP contribution in [0.3, 0.4) is 0 Å². The zero-order valence-corrected chi connectivity index (χ0v) is 15.0. The van der Waals surface area contributed by atoms with Crippen LogP contribution in [0.1, 0.15) is 22.3 Å². The van der Waals surface area contributed by atoms with E-state index in [4.69, 9.17) is 0 Å².